The summed E-state index contributed by atoms with van der Waals surface area (Å²) in [6.07, 6.45) is 1.70. The molecule has 0 saturated heterocycles. The first-order valence-electron chi connectivity index (χ1n) is 5.34. The van der Waals surface area contributed by atoms with Crippen molar-refractivity contribution < 1.29 is 19.8 Å². The smallest absolute Gasteiger partial charge is 0.328 e. The summed E-state index contributed by atoms with van der Waals surface area (Å²) < 4.78 is 0. The van der Waals surface area contributed by atoms with Crippen LogP contribution in [0.2, 0.25) is 0 Å². The van der Waals surface area contributed by atoms with Crippen LogP contribution in [0.15, 0.2) is 30.5 Å². The number of para-hydroxylation sites is 1. The monoisotopic (exact) mass is 248 g/mol. The van der Waals surface area contributed by atoms with E-state index in [0.29, 0.717) is 11.1 Å². The van der Waals surface area contributed by atoms with Gasteiger partial charge in [0.1, 0.15) is 0 Å². The lowest BCUT2D eigenvalue weighted by Crippen LogP contribution is -2.43. The second-order valence-electron chi connectivity index (χ2n) is 3.79. The lowest BCUT2D eigenvalue weighted by atomic mass is 10.1. The van der Waals surface area contributed by atoms with Crippen LogP contribution in [0.25, 0.3) is 10.9 Å². The number of aliphatic hydroxyl groups excluding tert-OH is 1. The van der Waals surface area contributed by atoms with Gasteiger partial charge in [-0.25, -0.2) is 4.79 Å². The molecule has 4 N–H and O–H groups in total. The highest BCUT2D eigenvalue weighted by atomic mass is 16.4. The molecule has 18 heavy (non-hydrogen) atoms. The number of aromatic amines is 1. The Bertz CT molecular complexity index is 591. The molecule has 1 aromatic heterocycles. The van der Waals surface area contributed by atoms with E-state index in [2.05, 4.69) is 10.3 Å². The fourth-order valence-electron chi connectivity index (χ4n) is 1.70. The number of aliphatic carboxylic acids is 1. The maximum absolute atomic E-state index is 11.9. The number of nitrogens with one attached hydrogen (secondary N) is 2. The summed E-state index contributed by atoms with van der Waals surface area (Å²) in [5.41, 5.74) is 0.981. The van der Waals surface area contributed by atoms with Gasteiger partial charge in [-0.05, 0) is 12.1 Å². The van der Waals surface area contributed by atoms with Gasteiger partial charge in [0.05, 0.1) is 17.7 Å². The molecule has 0 fully saturated rings. The van der Waals surface area contributed by atoms with Crippen molar-refractivity contribution >= 4 is 22.8 Å². The van der Waals surface area contributed by atoms with Gasteiger partial charge in [-0.2, -0.15) is 0 Å². The summed E-state index contributed by atoms with van der Waals surface area (Å²) in [5, 5.41) is 20.7. The zero-order valence-corrected chi connectivity index (χ0v) is 9.38. The molecule has 0 aliphatic heterocycles. The van der Waals surface area contributed by atoms with Gasteiger partial charge in [-0.1, -0.05) is 12.1 Å². The minimum Gasteiger partial charge on any atom is -0.480 e. The van der Waals surface area contributed by atoms with Crippen LogP contribution in [0.1, 0.15) is 10.4 Å². The van der Waals surface area contributed by atoms with Crippen molar-refractivity contribution in [2.24, 2.45) is 0 Å². The number of hydrogen-bond acceptors (Lipinski definition) is 3. The first-order chi connectivity index (χ1) is 8.63. The van der Waals surface area contributed by atoms with E-state index >= 15 is 0 Å². The van der Waals surface area contributed by atoms with Crippen LogP contribution < -0.4 is 5.32 Å². The average molecular weight is 248 g/mol. The molecule has 0 saturated carbocycles. The maximum Gasteiger partial charge on any atom is 0.328 e. The Balaban J connectivity index is 2.28. The molecule has 1 unspecified atom stereocenters. The van der Waals surface area contributed by atoms with E-state index in [1.54, 1.807) is 18.3 Å². The lowest BCUT2D eigenvalue weighted by molar-refractivity contribution is -0.140. The van der Waals surface area contributed by atoms with Gasteiger partial charge in [-0.15, -0.1) is 0 Å². The van der Waals surface area contributed by atoms with E-state index in [1.807, 2.05) is 12.1 Å². The zero-order chi connectivity index (χ0) is 13.1. The molecule has 0 bridgehead atoms. The van der Waals surface area contributed by atoms with Gasteiger partial charge in [0.15, 0.2) is 6.04 Å². The third kappa shape index (κ3) is 2.18. The van der Waals surface area contributed by atoms with Gasteiger partial charge in [-0.3, -0.25) is 4.79 Å². The fourth-order valence-corrected chi connectivity index (χ4v) is 1.70. The summed E-state index contributed by atoms with van der Waals surface area (Å²) in [5.74, 6) is -1.81. The van der Waals surface area contributed by atoms with Crippen LogP contribution in [-0.4, -0.2) is 39.7 Å². The summed E-state index contributed by atoms with van der Waals surface area (Å²) in [6, 6.07) is 5.64. The lowest BCUT2D eigenvalue weighted by Gasteiger charge is -2.11. The number of H-pyrrole nitrogens is 1. The van der Waals surface area contributed by atoms with Crippen LogP contribution in [0.5, 0.6) is 0 Å². The van der Waals surface area contributed by atoms with E-state index in [1.165, 1.54) is 0 Å². The van der Waals surface area contributed by atoms with Crippen molar-refractivity contribution in [1.29, 1.82) is 0 Å². The zero-order valence-electron chi connectivity index (χ0n) is 9.38. The third-order valence-corrected chi connectivity index (χ3v) is 2.62. The van der Waals surface area contributed by atoms with Crippen LogP contribution >= 0.6 is 0 Å². The number of aromatic nitrogens is 1. The molecule has 2 rings (SSSR count). The van der Waals surface area contributed by atoms with Crippen molar-refractivity contribution in [3.63, 3.8) is 0 Å². The molecule has 0 radical (unpaired) electrons. The van der Waals surface area contributed by atoms with Crippen molar-refractivity contribution in [2.45, 2.75) is 6.04 Å². The number of carbonyl (C=O) groups excluding carboxylic acids is 1. The number of benzene rings is 1. The molecule has 6 nitrogen and oxygen atoms in total. The van der Waals surface area contributed by atoms with Gasteiger partial charge in [0.25, 0.3) is 5.91 Å². The second kappa shape index (κ2) is 4.89. The number of aliphatic hydroxyl groups is 1. The van der Waals surface area contributed by atoms with Crippen molar-refractivity contribution in [1.82, 2.24) is 10.3 Å². The number of carboxylic acid groups (broad SMARTS) is 1. The Morgan fingerprint density at radius 1 is 1.33 bits per heavy atom. The number of carboxylic acids is 1. The van der Waals surface area contributed by atoms with Gasteiger partial charge in [0, 0.05) is 11.6 Å². The highest BCUT2D eigenvalue weighted by molar-refractivity contribution is 6.06. The average Bonchev–Trinajstić information content (AvgIpc) is 2.82. The topological polar surface area (TPSA) is 102 Å². The Labute approximate surface area is 102 Å². The molecule has 0 aliphatic rings. The summed E-state index contributed by atoms with van der Waals surface area (Å²) in [4.78, 5) is 25.6. The normalized spacial score (nSPS) is 12.3. The molecule has 2 aromatic rings. The molecular formula is C12H12N2O4. The van der Waals surface area contributed by atoms with Crippen molar-refractivity contribution in [2.75, 3.05) is 6.61 Å². The standard InChI is InChI=1S/C12H12N2O4/c15-6-9(12(17)18)14-11(16)8-3-1-2-7-4-5-13-10(7)8/h1-5,9,13,15H,6H2,(H,14,16)(H,17,18). The van der Waals surface area contributed by atoms with Gasteiger partial charge < -0.3 is 20.5 Å². The summed E-state index contributed by atoms with van der Waals surface area (Å²) >= 11 is 0. The van der Waals surface area contributed by atoms with Crippen LogP contribution in [0.3, 0.4) is 0 Å². The van der Waals surface area contributed by atoms with Crippen LogP contribution in [-0.2, 0) is 4.79 Å². The SMILES string of the molecule is O=C(NC(CO)C(=O)O)c1cccc2cc[nH]c12. The van der Waals surface area contributed by atoms with E-state index in [9.17, 15) is 9.59 Å². The number of rotatable bonds is 4. The van der Waals surface area contributed by atoms with Gasteiger partial charge >= 0.3 is 5.97 Å². The van der Waals surface area contributed by atoms with E-state index in [0.717, 1.165) is 5.39 Å². The van der Waals surface area contributed by atoms with E-state index in [4.69, 9.17) is 10.2 Å². The molecule has 0 spiro atoms. The first kappa shape index (κ1) is 12.1. The predicted molar refractivity (Wildman–Crippen MR) is 64.3 cm³/mol. The predicted octanol–water partition coefficient (Wildman–Crippen LogP) is 0.343. The summed E-state index contributed by atoms with van der Waals surface area (Å²) in [7, 11) is 0. The molecule has 0 aliphatic carbocycles. The minimum atomic E-state index is -1.30. The molecule has 1 aromatic carbocycles. The Kier molecular flexibility index (Phi) is 3.29. The highest BCUT2D eigenvalue weighted by Gasteiger charge is 2.20. The molecule has 1 atom stereocenters. The van der Waals surface area contributed by atoms with E-state index < -0.39 is 24.5 Å². The van der Waals surface area contributed by atoms with Crippen molar-refractivity contribution in [3.8, 4) is 0 Å². The number of carbonyl (C=O) groups is 2. The Morgan fingerprint density at radius 2 is 2.11 bits per heavy atom. The molecule has 6 heteroatoms. The van der Waals surface area contributed by atoms with Gasteiger partial charge in [0.2, 0.25) is 0 Å². The molecular weight excluding hydrogens is 236 g/mol. The maximum atomic E-state index is 11.9. The third-order valence-electron chi connectivity index (χ3n) is 2.62. The van der Waals surface area contributed by atoms with Crippen LogP contribution in [0, 0.1) is 0 Å². The molecule has 94 valence electrons. The van der Waals surface area contributed by atoms with E-state index in [-0.39, 0.29) is 0 Å². The fraction of sp³-hybridized carbons (Fsp3) is 0.167. The highest BCUT2D eigenvalue weighted by Crippen LogP contribution is 2.16. The molecule has 1 heterocycles. The minimum absolute atomic E-state index is 0.345. The first-order valence-corrected chi connectivity index (χ1v) is 5.34. The number of fused-ring (bicyclic) bond motifs is 1. The molecule has 1 amide bonds. The Morgan fingerprint density at radius 3 is 2.78 bits per heavy atom. The quantitative estimate of drug-likeness (QED) is 0.626. The largest absolute Gasteiger partial charge is 0.480 e. The summed E-state index contributed by atoms with van der Waals surface area (Å²) in [6.45, 7) is -0.651. The second-order valence-corrected chi connectivity index (χ2v) is 3.79. The Hall–Kier alpha value is -2.34. The van der Waals surface area contributed by atoms with Crippen LogP contribution in [0.4, 0.5) is 0 Å². The number of hydrogen-bond donors (Lipinski definition) is 4. The number of amides is 1. The van der Waals surface area contributed by atoms with Crippen molar-refractivity contribution in [3.05, 3.63) is 36.0 Å².